The lowest BCUT2D eigenvalue weighted by atomic mass is 10.1. The molecule has 2 N–H and O–H groups in total. The molecule has 1 amide bonds. The highest BCUT2D eigenvalue weighted by atomic mass is 35.5. The van der Waals surface area contributed by atoms with E-state index in [-0.39, 0.29) is 5.91 Å². The van der Waals surface area contributed by atoms with Gasteiger partial charge in [-0.15, -0.1) is 17.9 Å². The van der Waals surface area contributed by atoms with E-state index in [1.807, 2.05) is 18.2 Å². The number of para-hydroxylation sites is 1. The highest BCUT2D eigenvalue weighted by Gasteiger charge is 2.17. The van der Waals surface area contributed by atoms with Crippen LogP contribution in [-0.2, 0) is 6.54 Å². The molecule has 20 heavy (non-hydrogen) atoms. The zero-order chi connectivity index (χ0) is 14.5. The van der Waals surface area contributed by atoms with Crippen molar-refractivity contribution < 1.29 is 4.79 Å². The van der Waals surface area contributed by atoms with E-state index in [2.05, 4.69) is 6.58 Å². The molecule has 0 unspecified atom stereocenters. The minimum Gasteiger partial charge on any atom is -0.398 e. The molecule has 0 spiro atoms. The second-order valence-corrected chi connectivity index (χ2v) is 6.07. The van der Waals surface area contributed by atoms with E-state index in [9.17, 15) is 4.79 Å². The van der Waals surface area contributed by atoms with Crippen molar-refractivity contribution in [2.75, 3.05) is 12.3 Å². The van der Waals surface area contributed by atoms with E-state index in [0.717, 1.165) is 4.88 Å². The molecule has 0 saturated carbocycles. The monoisotopic (exact) mass is 306 g/mol. The number of anilines is 1. The maximum atomic E-state index is 12.5. The average molecular weight is 307 g/mol. The minimum atomic E-state index is -0.104. The summed E-state index contributed by atoms with van der Waals surface area (Å²) < 4.78 is 0.713. The number of amides is 1. The summed E-state index contributed by atoms with van der Waals surface area (Å²) >= 11 is 7.38. The predicted molar refractivity (Wildman–Crippen MR) is 85.1 cm³/mol. The minimum absolute atomic E-state index is 0.104. The average Bonchev–Trinajstić information content (AvgIpc) is 2.83. The van der Waals surface area contributed by atoms with Crippen LogP contribution in [0.25, 0.3) is 0 Å². The number of halogens is 1. The first-order chi connectivity index (χ1) is 9.61. The smallest absolute Gasteiger partial charge is 0.256 e. The number of nitrogens with zero attached hydrogens (tertiary/aromatic N) is 1. The molecule has 0 aliphatic carbocycles. The van der Waals surface area contributed by atoms with Gasteiger partial charge in [0.25, 0.3) is 5.91 Å². The zero-order valence-electron chi connectivity index (χ0n) is 10.9. The molecule has 0 radical (unpaired) electrons. The Hall–Kier alpha value is -1.78. The summed E-state index contributed by atoms with van der Waals surface area (Å²) in [6, 6.07) is 10.8. The van der Waals surface area contributed by atoms with Gasteiger partial charge in [-0.2, -0.15) is 0 Å². The number of hydrogen-bond donors (Lipinski definition) is 1. The quantitative estimate of drug-likeness (QED) is 0.674. The van der Waals surface area contributed by atoms with Crippen LogP contribution in [0.15, 0.2) is 49.1 Å². The number of rotatable bonds is 5. The number of carbonyl (C=O) groups excluding carboxylic acids is 1. The van der Waals surface area contributed by atoms with Crippen LogP contribution in [0.4, 0.5) is 5.69 Å². The van der Waals surface area contributed by atoms with Crippen molar-refractivity contribution in [3.63, 3.8) is 0 Å². The van der Waals surface area contributed by atoms with Crippen molar-refractivity contribution in [2.45, 2.75) is 6.54 Å². The van der Waals surface area contributed by atoms with E-state index in [4.69, 9.17) is 17.3 Å². The lowest BCUT2D eigenvalue weighted by Crippen LogP contribution is -2.30. The Kier molecular flexibility index (Phi) is 4.82. The van der Waals surface area contributed by atoms with Gasteiger partial charge in [0.15, 0.2) is 0 Å². The molecule has 5 heteroatoms. The van der Waals surface area contributed by atoms with Gasteiger partial charge in [-0.1, -0.05) is 29.8 Å². The Balaban J connectivity index is 2.22. The number of benzene rings is 1. The van der Waals surface area contributed by atoms with Crippen LogP contribution in [0.5, 0.6) is 0 Å². The molecule has 0 aliphatic rings. The molecule has 3 nitrogen and oxygen atoms in total. The van der Waals surface area contributed by atoms with Crippen molar-refractivity contribution in [1.29, 1.82) is 0 Å². The topological polar surface area (TPSA) is 46.3 Å². The molecular formula is C15H15ClN2OS. The Morgan fingerprint density at radius 3 is 2.70 bits per heavy atom. The van der Waals surface area contributed by atoms with E-state index in [1.165, 1.54) is 11.3 Å². The number of nitrogens with two attached hydrogens (primary N) is 1. The van der Waals surface area contributed by atoms with Gasteiger partial charge in [-0.3, -0.25) is 4.79 Å². The maximum absolute atomic E-state index is 12.5. The molecule has 0 bridgehead atoms. The summed E-state index contributed by atoms with van der Waals surface area (Å²) in [5, 5.41) is 0. The SMILES string of the molecule is C=CCN(Cc1ccc(Cl)s1)C(=O)c1ccccc1N. The summed E-state index contributed by atoms with van der Waals surface area (Å²) in [6.45, 7) is 4.66. The molecule has 0 fully saturated rings. The first-order valence-corrected chi connectivity index (χ1v) is 7.30. The molecule has 1 aromatic carbocycles. The summed E-state index contributed by atoms with van der Waals surface area (Å²) in [7, 11) is 0. The number of hydrogen-bond acceptors (Lipinski definition) is 3. The standard InChI is InChI=1S/C15H15ClN2OS/c1-2-9-18(10-11-7-8-14(16)20-11)15(19)12-5-3-4-6-13(12)17/h2-8H,1,9-10,17H2. The van der Waals surface area contributed by atoms with Crippen LogP contribution in [0, 0.1) is 0 Å². The Bertz CT molecular complexity index is 624. The van der Waals surface area contributed by atoms with E-state index >= 15 is 0 Å². The fraction of sp³-hybridized carbons (Fsp3) is 0.133. The summed E-state index contributed by atoms with van der Waals surface area (Å²) in [5.74, 6) is -0.104. The first-order valence-electron chi connectivity index (χ1n) is 6.10. The highest BCUT2D eigenvalue weighted by Crippen LogP contribution is 2.24. The second kappa shape index (κ2) is 6.59. The van der Waals surface area contributed by atoms with Gasteiger partial charge in [0.05, 0.1) is 16.4 Å². The second-order valence-electron chi connectivity index (χ2n) is 4.27. The summed E-state index contributed by atoms with van der Waals surface area (Å²) in [5.41, 5.74) is 6.85. The summed E-state index contributed by atoms with van der Waals surface area (Å²) in [6.07, 6.45) is 1.70. The molecule has 0 atom stereocenters. The molecule has 1 heterocycles. The Morgan fingerprint density at radius 2 is 2.10 bits per heavy atom. The van der Waals surface area contributed by atoms with Gasteiger partial charge in [-0.05, 0) is 24.3 Å². The fourth-order valence-corrected chi connectivity index (χ4v) is 2.97. The number of thiophene rings is 1. The van der Waals surface area contributed by atoms with Crippen LogP contribution < -0.4 is 5.73 Å². The van der Waals surface area contributed by atoms with Gasteiger partial charge in [-0.25, -0.2) is 0 Å². The third-order valence-electron chi connectivity index (χ3n) is 2.80. The molecule has 104 valence electrons. The van der Waals surface area contributed by atoms with Crippen LogP contribution in [0.3, 0.4) is 0 Å². The Morgan fingerprint density at radius 1 is 1.35 bits per heavy atom. The lowest BCUT2D eigenvalue weighted by molar-refractivity contribution is 0.0765. The van der Waals surface area contributed by atoms with Gasteiger partial charge in [0.2, 0.25) is 0 Å². The molecular weight excluding hydrogens is 292 g/mol. The van der Waals surface area contributed by atoms with Gasteiger partial charge >= 0.3 is 0 Å². The maximum Gasteiger partial charge on any atom is 0.256 e. The normalized spacial score (nSPS) is 10.2. The van der Waals surface area contributed by atoms with Crippen LogP contribution in [0.1, 0.15) is 15.2 Å². The third kappa shape index (κ3) is 3.40. The van der Waals surface area contributed by atoms with Crippen molar-refractivity contribution in [3.8, 4) is 0 Å². The van der Waals surface area contributed by atoms with E-state index < -0.39 is 0 Å². The number of carbonyl (C=O) groups is 1. The van der Waals surface area contributed by atoms with Crippen molar-refractivity contribution in [2.24, 2.45) is 0 Å². The fourth-order valence-electron chi connectivity index (χ4n) is 1.86. The highest BCUT2D eigenvalue weighted by molar-refractivity contribution is 7.16. The Labute approximate surface area is 127 Å². The molecule has 0 saturated heterocycles. The predicted octanol–water partition coefficient (Wildman–Crippen LogP) is 3.81. The number of nitrogen functional groups attached to an aromatic ring is 1. The third-order valence-corrected chi connectivity index (χ3v) is 4.02. The first kappa shape index (κ1) is 14.6. The molecule has 2 aromatic rings. The van der Waals surface area contributed by atoms with Crippen LogP contribution in [-0.4, -0.2) is 17.4 Å². The van der Waals surface area contributed by atoms with Crippen molar-refractivity contribution in [3.05, 3.63) is 63.8 Å². The van der Waals surface area contributed by atoms with Crippen LogP contribution in [0.2, 0.25) is 4.34 Å². The molecule has 2 rings (SSSR count). The van der Waals surface area contributed by atoms with Crippen molar-refractivity contribution >= 4 is 34.5 Å². The van der Waals surface area contributed by atoms with Crippen molar-refractivity contribution in [1.82, 2.24) is 4.90 Å². The van der Waals surface area contributed by atoms with Gasteiger partial charge < -0.3 is 10.6 Å². The molecule has 1 aromatic heterocycles. The summed E-state index contributed by atoms with van der Waals surface area (Å²) in [4.78, 5) is 15.3. The van der Waals surface area contributed by atoms with Crippen LogP contribution >= 0.6 is 22.9 Å². The zero-order valence-corrected chi connectivity index (χ0v) is 12.5. The lowest BCUT2D eigenvalue weighted by Gasteiger charge is -2.21. The van der Waals surface area contributed by atoms with Gasteiger partial charge in [0, 0.05) is 17.1 Å². The van der Waals surface area contributed by atoms with E-state index in [0.29, 0.717) is 28.7 Å². The van der Waals surface area contributed by atoms with E-state index in [1.54, 1.807) is 29.2 Å². The molecule has 0 aliphatic heterocycles. The largest absolute Gasteiger partial charge is 0.398 e. The van der Waals surface area contributed by atoms with Gasteiger partial charge in [0.1, 0.15) is 0 Å².